The zero-order valence-electron chi connectivity index (χ0n) is 10.1. The zero-order valence-corrected chi connectivity index (χ0v) is 10.1. The molecule has 1 aliphatic rings. The molecule has 3 rings (SSSR count). The Bertz CT molecular complexity index is 524. The molecule has 0 radical (unpaired) electrons. The van der Waals surface area contributed by atoms with Crippen molar-refractivity contribution in [3.8, 4) is 0 Å². The molecular weight excluding hydrogens is 225 g/mol. The molecule has 1 saturated carbocycles. The molecule has 1 fully saturated rings. The van der Waals surface area contributed by atoms with E-state index in [1.165, 1.54) is 11.6 Å². The first-order valence-electron chi connectivity index (χ1n) is 6.36. The molecule has 2 atom stereocenters. The Labute approximate surface area is 107 Å². The molecule has 1 N–H and O–H groups in total. The first-order chi connectivity index (χ1) is 8.84. The van der Waals surface area contributed by atoms with E-state index in [1.54, 1.807) is 6.07 Å². The van der Waals surface area contributed by atoms with Crippen LogP contribution in [-0.4, -0.2) is 6.04 Å². The summed E-state index contributed by atoms with van der Waals surface area (Å²) in [4.78, 5) is 0. The van der Waals surface area contributed by atoms with Gasteiger partial charge in [0.05, 0.1) is 0 Å². The fourth-order valence-electron chi connectivity index (χ4n) is 2.37. The third kappa shape index (κ3) is 2.44. The first-order valence-corrected chi connectivity index (χ1v) is 6.36. The summed E-state index contributed by atoms with van der Waals surface area (Å²) in [5, 5.41) is 3.42. The van der Waals surface area contributed by atoms with Gasteiger partial charge in [0.2, 0.25) is 0 Å². The standard InChI is InChI=1S/C16H16FN/c17-15-9-5-4-8-13(15)11-18-16-10-14(16)12-6-2-1-3-7-12/h1-9,14,16,18H,10-11H2/t14?,16-/m0/s1. The van der Waals surface area contributed by atoms with Crippen LogP contribution in [0.15, 0.2) is 54.6 Å². The van der Waals surface area contributed by atoms with Gasteiger partial charge in [0, 0.05) is 24.1 Å². The highest BCUT2D eigenvalue weighted by Gasteiger charge is 2.37. The number of halogens is 1. The summed E-state index contributed by atoms with van der Waals surface area (Å²) < 4.78 is 13.4. The van der Waals surface area contributed by atoms with Crippen molar-refractivity contribution in [3.63, 3.8) is 0 Å². The van der Waals surface area contributed by atoms with Crippen molar-refractivity contribution in [2.75, 3.05) is 0 Å². The molecule has 0 amide bonds. The SMILES string of the molecule is Fc1ccccc1CN[C@H]1CC1c1ccccc1. The van der Waals surface area contributed by atoms with E-state index < -0.39 is 0 Å². The molecule has 0 spiro atoms. The molecule has 1 unspecified atom stereocenters. The van der Waals surface area contributed by atoms with Gasteiger partial charge in [-0.25, -0.2) is 4.39 Å². The van der Waals surface area contributed by atoms with E-state index in [-0.39, 0.29) is 5.82 Å². The van der Waals surface area contributed by atoms with Crippen molar-refractivity contribution in [2.24, 2.45) is 0 Å². The normalized spacial score (nSPS) is 21.8. The van der Waals surface area contributed by atoms with Crippen LogP contribution in [-0.2, 0) is 6.54 Å². The highest BCUT2D eigenvalue weighted by atomic mass is 19.1. The smallest absolute Gasteiger partial charge is 0.127 e. The second-order valence-corrected chi connectivity index (χ2v) is 4.83. The number of benzene rings is 2. The van der Waals surface area contributed by atoms with Crippen LogP contribution in [0.3, 0.4) is 0 Å². The highest BCUT2D eigenvalue weighted by molar-refractivity contribution is 5.28. The van der Waals surface area contributed by atoms with E-state index in [9.17, 15) is 4.39 Å². The molecule has 2 heteroatoms. The second-order valence-electron chi connectivity index (χ2n) is 4.83. The lowest BCUT2D eigenvalue weighted by molar-refractivity contribution is 0.584. The minimum absolute atomic E-state index is 0.123. The van der Waals surface area contributed by atoms with Crippen LogP contribution in [0, 0.1) is 5.82 Å². The van der Waals surface area contributed by atoms with E-state index in [1.807, 2.05) is 18.2 Å². The lowest BCUT2D eigenvalue weighted by Gasteiger charge is -2.05. The van der Waals surface area contributed by atoms with E-state index >= 15 is 0 Å². The molecule has 2 aromatic carbocycles. The number of hydrogen-bond acceptors (Lipinski definition) is 1. The lowest BCUT2D eigenvalue weighted by Crippen LogP contribution is -2.18. The molecule has 92 valence electrons. The average Bonchev–Trinajstić information content (AvgIpc) is 3.18. The first kappa shape index (κ1) is 11.4. The number of hydrogen-bond donors (Lipinski definition) is 1. The molecule has 1 nitrogen and oxygen atoms in total. The molecule has 0 aromatic heterocycles. The second kappa shape index (κ2) is 4.91. The van der Waals surface area contributed by atoms with E-state index in [2.05, 4.69) is 29.6 Å². The van der Waals surface area contributed by atoms with E-state index in [0.29, 0.717) is 18.5 Å². The van der Waals surface area contributed by atoms with Gasteiger partial charge in [-0.3, -0.25) is 0 Å². The van der Waals surface area contributed by atoms with Crippen LogP contribution >= 0.6 is 0 Å². The van der Waals surface area contributed by atoms with Crippen LogP contribution in [0.1, 0.15) is 23.5 Å². The lowest BCUT2D eigenvalue weighted by atomic mass is 10.1. The Morgan fingerprint density at radius 3 is 2.50 bits per heavy atom. The summed E-state index contributed by atoms with van der Waals surface area (Å²) in [5.41, 5.74) is 2.12. The Morgan fingerprint density at radius 2 is 1.72 bits per heavy atom. The number of nitrogens with one attached hydrogen (secondary N) is 1. The maximum Gasteiger partial charge on any atom is 0.127 e. The Balaban J connectivity index is 1.56. The summed E-state index contributed by atoms with van der Waals surface area (Å²) >= 11 is 0. The van der Waals surface area contributed by atoms with Crippen LogP contribution in [0.25, 0.3) is 0 Å². The maximum atomic E-state index is 13.4. The van der Waals surface area contributed by atoms with Gasteiger partial charge in [0.1, 0.15) is 5.82 Å². The molecule has 2 aromatic rings. The largest absolute Gasteiger partial charge is 0.309 e. The third-order valence-electron chi connectivity index (χ3n) is 3.53. The van der Waals surface area contributed by atoms with E-state index in [4.69, 9.17) is 0 Å². The predicted molar refractivity (Wildman–Crippen MR) is 70.8 cm³/mol. The van der Waals surface area contributed by atoms with Crippen LogP contribution in [0.4, 0.5) is 4.39 Å². The Kier molecular flexibility index (Phi) is 3.11. The van der Waals surface area contributed by atoms with Gasteiger partial charge in [-0.15, -0.1) is 0 Å². The summed E-state index contributed by atoms with van der Waals surface area (Å²) in [5.74, 6) is 0.472. The van der Waals surface area contributed by atoms with Crippen molar-refractivity contribution >= 4 is 0 Å². The molecule has 1 aliphatic carbocycles. The van der Waals surface area contributed by atoms with E-state index in [0.717, 1.165) is 12.0 Å². The van der Waals surface area contributed by atoms with Gasteiger partial charge >= 0.3 is 0 Å². The third-order valence-corrected chi connectivity index (χ3v) is 3.53. The Hall–Kier alpha value is -1.67. The monoisotopic (exact) mass is 241 g/mol. The molecule has 0 aliphatic heterocycles. The van der Waals surface area contributed by atoms with Crippen LogP contribution in [0.5, 0.6) is 0 Å². The van der Waals surface area contributed by atoms with Crippen molar-refractivity contribution in [3.05, 3.63) is 71.5 Å². The highest BCUT2D eigenvalue weighted by Crippen LogP contribution is 2.40. The molecule has 0 saturated heterocycles. The molecule has 0 heterocycles. The van der Waals surface area contributed by atoms with Gasteiger partial charge in [0.25, 0.3) is 0 Å². The van der Waals surface area contributed by atoms with Gasteiger partial charge in [-0.05, 0) is 18.1 Å². The van der Waals surface area contributed by atoms with Gasteiger partial charge in [0.15, 0.2) is 0 Å². The number of rotatable bonds is 4. The van der Waals surface area contributed by atoms with Crippen molar-refractivity contribution in [1.29, 1.82) is 0 Å². The Morgan fingerprint density at radius 1 is 1.00 bits per heavy atom. The van der Waals surface area contributed by atoms with Crippen LogP contribution in [0.2, 0.25) is 0 Å². The van der Waals surface area contributed by atoms with Gasteiger partial charge < -0.3 is 5.32 Å². The van der Waals surface area contributed by atoms with Crippen molar-refractivity contribution in [2.45, 2.75) is 24.9 Å². The minimum atomic E-state index is -0.123. The fourth-order valence-corrected chi connectivity index (χ4v) is 2.37. The molecular formula is C16H16FN. The summed E-state index contributed by atoms with van der Waals surface area (Å²) in [6.07, 6.45) is 1.15. The summed E-state index contributed by atoms with van der Waals surface area (Å²) in [6, 6.07) is 17.9. The van der Waals surface area contributed by atoms with Crippen LogP contribution < -0.4 is 5.32 Å². The minimum Gasteiger partial charge on any atom is -0.309 e. The summed E-state index contributed by atoms with van der Waals surface area (Å²) in [6.45, 7) is 0.612. The van der Waals surface area contributed by atoms with Crippen molar-refractivity contribution < 1.29 is 4.39 Å². The van der Waals surface area contributed by atoms with Gasteiger partial charge in [-0.2, -0.15) is 0 Å². The topological polar surface area (TPSA) is 12.0 Å². The van der Waals surface area contributed by atoms with Gasteiger partial charge in [-0.1, -0.05) is 48.5 Å². The maximum absolute atomic E-state index is 13.4. The fraction of sp³-hybridized carbons (Fsp3) is 0.250. The molecule has 0 bridgehead atoms. The summed E-state index contributed by atoms with van der Waals surface area (Å²) in [7, 11) is 0. The van der Waals surface area contributed by atoms with Crippen molar-refractivity contribution in [1.82, 2.24) is 5.32 Å². The predicted octanol–water partition coefficient (Wildman–Crippen LogP) is 3.47. The molecule has 18 heavy (non-hydrogen) atoms. The quantitative estimate of drug-likeness (QED) is 0.864. The zero-order chi connectivity index (χ0) is 12.4. The average molecular weight is 241 g/mol.